The van der Waals surface area contributed by atoms with Crippen LogP contribution in [0.3, 0.4) is 0 Å². The molecule has 8 heteroatoms. The monoisotopic (exact) mass is 536 g/mol. The van der Waals surface area contributed by atoms with Crippen LogP contribution in [0, 0.1) is 13.8 Å². The van der Waals surface area contributed by atoms with Crippen LogP contribution in [-0.4, -0.2) is 53.0 Å². The molecule has 0 saturated carbocycles. The Morgan fingerprint density at radius 3 is 2.20 bits per heavy atom. The molecule has 0 unspecified atom stereocenters. The number of nitrogens with zero attached hydrogens (tertiary/aromatic N) is 4. The molecule has 1 saturated heterocycles. The summed E-state index contributed by atoms with van der Waals surface area (Å²) in [6.45, 7) is 12.6. The number of rotatable bonds is 8. The number of aryl methyl sites for hydroxylation is 2. The predicted molar refractivity (Wildman–Crippen MR) is 161 cm³/mol. The molecule has 0 spiro atoms. The van der Waals surface area contributed by atoms with Gasteiger partial charge in [0.25, 0.3) is 5.91 Å². The average Bonchev–Trinajstić information content (AvgIpc) is 2.96. The van der Waals surface area contributed by atoms with E-state index < -0.39 is 0 Å². The van der Waals surface area contributed by atoms with Gasteiger partial charge in [-0.3, -0.25) is 9.69 Å². The van der Waals surface area contributed by atoms with Gasteiger partial charge in [-0.2, -0.15) is 4.98 Å². The van der Waals surface area contributed by atoms with Gasteiger partial charge in [0.05, 0.1) is 0 Å². The van der Waals surface area contributed by atoms with Crippen LogP contribution in [0.15, 0.2) is 79.0 Å². The number of carbonyl (C=O) groups excluding carboxylic acids is 1. The highest BCUT2D eigenvalue weighted by Crippen LogP contribution is 2.28. The van der Waals surface area contributed by atoms with E-state index in [9.17, 15) is 4.79 Å². The molecule has 2 N–H and O–H groups in total. The Bertz CT molecular complexity index is 1430. The summed E-state index contributed by atoms with van der Waals surface area (Å²) in [4.78, 5) is 27.3. The molecule has 0 aliphatic carbocycles. The Labute approximate surface area is 236 Å². The molecule has 1 aromatic heterocycles. The van der Waals surface area contributed by atoms with Crippen molar-refractivity contribution >= 4 is 28.9 Å². The van der Waals surface area contributed by atoms with Crippen molar-refractivity contribution in [2.24, 2.45) is 0 Å². The number of piperazine rings is 1. The second-order valence-electron chi connectivity index (χ2n) is 10.3. The van der Waals surface area contributed by atoms with E-state index in [1.165, 1.54) is 11.9 Å². The average molecular weight is 537 g/mol. The molecule has 1 fully saturated rings. The Hall–Kier alpha value is -4.43. The minimum Gasteiger partial charge on any atom is -0.438 e. The van der Waals surface area contributed by atoms with E-state index >= 15 is 0 Å². The van der Waals surface area contributed by atoms with Gasteiger partial charge >= 0.3 is 0 Å². The fraction of sp³-hybridized carbons (Fsp3) is 0.281. The van der Waals surface area contributed by atoms with Crippen molar-refractivity contribution in [3.8, 4) is 11.6 Å². The van der Waals surface area contributed by atoms with E-state index in [0.29, 0.717) is 17.7 Å². The quantitative estimate of drug-likeness (QED) is 0.269. The van der Waals surface area contributed by atoms with Crippen LogP contribution >= 0.6 is 0 Å². The van der Waals surface area contributed by atoms with Crippen LogP contribution in [0.5, 0.6) is 11.6 Å². The molecule has 0 atom stereocenters. The number of hydrogen-bond acceptors (Lipinski definition) is 7. The molecule has 206 valence electrons. The smallest absolute Gasteiger partial charge is 0.262 e. The van der Waals surface area contributed by atoms with Gasteiger partial charge in [-0.1, -0.05) is 36.4 Å². The van der Waals surface area contributed by atoms with E-state index in [1.807, 2.05) is 74.5 Å². The number of amides is 1. The van der Waals surface area contributed by atoms with Gasteiger partial charge < -0.3 is 20.3 Å². The largest absolute Gasteiger partial charge is 0.438 e. The third kappa shape index (κ3) is 6.40. The zero-order chi connectivity index (χ0) is 28.1. The summed E-state index contributed by atoms with van der Waals surface area (Å²) in [5.74, 6) is 0.756. The van der Waals surface area contributed by atoms with Crippen molar-refractivity contribution in [2.75, 3.05) is 41.7 Å². The zero-order valence-electron chi connectivity index (χ0n) is 23.5. The molecular weight excluding hydrogens is 500 g/mol. The number of carbonyl (C=O) groups is 1. The molecule has 0 bridgehead atoms. The highest BCUT2D eigenvalue weighted by molar-refractivity contribution is 6.06. The van der Waals surface area contributed by atoms with E-state index in [-0.39, 0.29) is 17.4 Å². The normalized spacial score (nSPS) is 13.8. The molecule has 4 aromatic rings. The van der Waals surface area contributed by atoms with Gasteiger partial charge in [0.1, 0.15) is 11.3 Å². The van der Waals surface area contributed by atoms with Crippen LogP contribution < -0.4 is 20.3 Å². The van der Waals surface area contributed by atoms with Crippen LogP contribution in [0.4, 0.5) is 23.0 Å². The fourth-order valence-corrected chi connectivity index (χ4v) is 4.83. The molecule has 8 nitrogen and oxygen atoms in total. The number of hydrogen-bond donors (Lipinski definition) is 2. The lowest BCUT2D eigenvalue weighted by Gasteiger charge is -2.38. The number of nitrogens with one attached hydrogen (secondary N) is 2. The van der Waals surface area contributed by atoms with Gasteiger partial charge in [-0.25, -0.2) is 4.98 Å². The van der Waals surface area contributed by atoms with Gasteiger partial charge in [0.2, 0.25) is 11.8 Å². The minimum absolute atomic E-state index is 0.173. The standard InChI is InChI=1S/C32H36N6O2/c1-22(2)37-17-19-38(20-18-37)26-15-13-25(14-16-26)34-32-33-21-28(31(36-32)40-27-11-6-5-7-12-27)30(39)35-29-23(3)9-8-10-24(29)4/h5-16,21-22H,17-20H2,1-4H3,(H,35,39)(H,33,34,36). The molecule has 5 rings (SSSR count). The number of aromatic nitrogens is 2. The van der Waals surface area contributed by atoms with Crippen molar-refractivity contribution in [3.63, 3.8) is 0 Å². The van der Waals surface area contributed by atoms with Crippen molar-refractivity contribution < 1.29 is 9.53 Å². The van der Waals surface area contributed by atoms with Crippen LogP contribution in [0.25, 0.3) is 0 Å². The molecule has 1 aliphatic rings. The lowest BCUT2D eigenvalue weighted by Crippen LogP contribution is -2.48. The summed E-state index contributed by atoms with van der Waals surface area (Å²) >= 11 is 0. The third-order valence-corrected chi connectivity index (χ3v) is 7.21. The summed E-state index contributed by atoms with van der Waals surface area (Å²) in [6.07, 6.45) is 1.50. The van der Waals surface area contributed by atoms with Crippen molar-refractivity contribution in [3.05, 3.63) is 95.7 Å². The Balaban J connectivity index is 1.34. The lowest BCUT2D eigenvalue weighted by atomic mass is 10.1. The predicted octanol–water partition coefficient (Wildman–Crippen LogP) is 6.41. The number of benzene rings is 3. The van der Waals surface area contributed by atoms with Crippen LogP contribution in [-0.2, 0) is 0 Å². The third-order valence-electron chi connectivity index (χ3n) is 7.21. The Kier molecular flexibility index (Phi) is 8.26. The van der Waals surface area contributed by atoms with Gasteiger partial charge in [0.15, 0.2) is 0 Å². The first-order valence-electron chi connectivity index (χ1n) is 13.7. The SMILES string of the molecule is Cc1cccc(C)c1NC(=O)c1cnc(Nc2ccc(N3CCN(C(C)C)CC3)cc2)nc1Oc1ccccc1. The molecular formula is C32H36N6O2. The van der Waals surface area contributed by atoms with Crippen LogP contribution in [0.1, 0.15) is 35.3 Å². The Morgan fingerprint density at radius 1 is 0.875 bits per heavy atom. The first-order chi connectivity index (χ1) is 19.4. The molecule has 3 aromatic carbocycles. The first-order valence-corrected chi connectivity index (χ1v) is 13.7. The number of anilines is 4. The fourth-order valence-electron chi connectivity index (χ4n) is 4.83. The maximum Gasteiger partial charge on any atom is 0.262 e. The zero-order valence-corrected chi connectivity index (χ0v) is 23.5. The second-order valence-corrected chi connectivity index (χ2v) is 10.3. The first kappa shape index (κ1) is 27.1. The van der Waals surface area contributed by atoms with Gasteiger partial charge in [-0.15, -0.1) is 0 Å². The summed E-state index contributed by atoms with van der Waals surface area (Å²) in [5.41, 5.74) is 5.01. The van der Waals surface area contributed by atoms with E-state index in [4.69, 9.17) is 4.74 Å². The summed E-state index contributed by atoms with van der Waals surface area (Å²) in [7, 11) is 0. The van der Waals surface area contributed by atoms with Crippen molar-refractivity contribution in [1.82, 2.24) is 14.9 Å². The maximum atomic E-state index is 13.3. The molecule has 40 heavy (non-hydrogen) atoms. The summed E-state index contributed by atoms with van der Waals surface area (Å²) in [5, 5.41) is 6.26. The highest BCUT2D eigenvalue weighted by atomic mass is 16.5. The second kappa shape index (κ2) is 12.2. The summed E-state index contributed by atoms with van der Waals surface area (Å²) in [6, 6.07) is 24.0. The molecule has 0 radical (unpaired) electrons. The van der Waals surface area contributed by atoms with E-state index in [1.54, 1.807) is 0 Å². The van der Waals surface area contributed by atoms with E-state index in [0.717, 1.165) is 48.7 Å². The lowest BCUT2D eigenvalue weighted by molar-refractivity contribution is 0.102. The van der Waals surface area contributed by atoms with Crippen molar-refractivity contribution in [2.45, 2.75) is 33.7 Å². The molecule has 1 amide bonds. The number of para-hydroxylation sites is 2. The molecule has 1 aliphatic heterocycles. The summed E-state index contributed by atoms with van der Waals surface area (Å²) < 4.78 is 6.07. The molecule has 2 heterocycles. The topological polar surface area (TPSA) is 82.6 Å². The Morgan fingerprint density at radius 2 is 1.55 bits per heavy atom. The van der Waals surface area contributed by atoms with E-state index in [2.05, 4.69) is 56.4 Å². The maximum absolute atomic E-state index is 13.3. The minimum atomic E-state index is -0.336. The van der Waals surface area contributed by atoms with Gasteiger partial charge in [0, 0.05) is 55.5 Å². The van der Waals surface area contributed by atoms with Crippen LogP contribution in [0.2, 0.25) is 0 Å². The highest BCUT2D eigenvalue weighted by Gasteiger charge is 2.20. The van der Waals surface area contributed by atoms with Crippen molar-refractivity contribution in [1.29, 1.82) is 0 Å². The van der Waals surface area contributed by atoms with Gasteiger partial charge in [-0.05, 0) is 75.2 Å². The number of ether oxygens (including phenoxy) is 1.